The van der Waals surface area contributed by atoms with E-state index in [1.54, 1.807) is 0 Å². The molecule has 1 saturated heterocycles. The molecule has 1 saturated carbocycles. The lowest BCUT2D eigenvalue weighted by Gasteiger charge is -2.08. The summed E-state index contributed by atoms with van der Waals surface area (Å²) in [6.45, 7) is 0. The maximum Gasteiger partial charge on any atom is 0.209 e. The summed E-state index contributed by atoms with van der Waals surface area (Å²) < 4.78 is 5.83. The quantitative estimate of drug-likeness (QED) is 0.652. The van der Waals surface area contributed by atoms with Gasteiger partial charge >= 0.3 is 0 Å². The van der Waals surface area contributed by atoms with Crippen molar-refractivity contribution in [2.24, 2.45) is 0 Å². The van der Waals surface area contributed by atoms with E-state index in [9.17, 15) is 5.26 Å². The van der Waals surface area contributed by atoms with Crippen LogP contribution >= 0.6 is 0 Å². The van der Waals surface area contributed by atoms with E-state index in [1.807, 2.05) is 30.3 Å². The number of nitrogens with zero attached hydrogens (tertiary/aromatic N) is 1. The van der Waals surface area contributed by atoms with Crippen LogP contribution < -0.4 is 0 Å². The Hall–Kier alpha value is -1.33. The lowest BCUT2D eigenvalue weighted by atomic mass is 9.86. The SMILES string of the molecule is N#C[C@@]1(c2ccccc2)OC12CCCC2. The second-order valence-electron chi connectivity index (χ2n) is 4.46. The Morgan fingerprint density at radius 1 is 1.13 bits per heavy atom. The minimum atomic E-state index is -0.634. The van der Waals surface area contributed by atoms with Crippen LogP contribution in [-0.2, 0) is 10.3 Å². The molecule has 2 nitrogen and oxygen atoms in total. The molecule has 1 spiro atoms. The molecule has 76 valence electrons. The van der Waals surface area contributed by atoms with Crippen LogP contribution in [0.1, 0.15) is 31.2 Å². The van der Waals surface area contributed by atoms with E-state index in [0.29, 0.717) is 0 Å². The first-order chi connectivity index (χ1) is 7.33. The Balaban J connectivity index is 2.01. The van der Waals surface area contributed by atoms with Gasteiger partial charge in [-0.2, -0.15) is 5.26 Å². The molecule has 2 fully saturated rings. The number of rotatable bonds is 1. The van der Waals surface area contributed by atoms with Gasteiger partial charge in [0, 0.05) is 5.56 Å². The van der Waals surface area contributed by atoms with Crippen molar-refractivity contribution < 1.29 is 4.74 Å². The molecule has 1 aromatic carbocycles. The van der Waals surface area contributed by atoms with Crippen LogP contribution in [0, 0.1) is 11.3 Å². The average molecular weight is 199 g/mol. The van der Waals surface area contributed by atoms with Crippen molar-refractivity contribution in [1.29, 1.82) is 5.26 Å². The van der Waals surface area contributed by atoms with Crippen molar-refractivity contribution in [2.75, 3.05) is 0 Å². The number of benzene rings is 1. The first-order valence-electron chi connectivity index (χ1n) is 5.50. The molecule has 2 heteroatoms. The number of hydrogen-bond donors (Lipinski definition) is 0. The molecule has 0 aromatic heterocycles. The lowest BCUT2D eigenvalue weighted by Crippen LogP contribution is -2.19. The third-order valence-electron chi connectivity index (χ3n) is 3.70. The molecule has 1 aliphatic carbocycles. The van der Waals surface area contributed by atoms with Crippen molar-refractivity contribution in [2.45, 2.75) is 36.9 Å². The first-order valence-corrected chi connectivity index (χ1v) is 5.50. The molecular formula is C13H13NO. The molecule has 0 N–H and O–H groups in total. The van der Waals surface area contributed by atoms with Gasteiger partial charge in [-0.05, 0) is 12.8 Å². The fourth-order valence-electron chi connectivity index (χ4n) is 2.85. The summed E-state index contributed by atoms with van der Waals surface area (Å²) >= 11 is 0. The van der Waals surface area contributed by atoms with Gasteiger partial charge in [-0.1, -0.05) is 43.2 Å². The molecule has 1 aromatic rings. The zero-order valence-electron chi connectivity index (χ0n) is 8.57. The van der Waals surface area contributed by atoms with Crippen LogP contribution in [0.15, 0.2) is 30.3 Å². The molecule has 0 amide bonds. The largest absolute Gasteiger partial charge is 0.342 e. The highest BCUT2D eigenvalue weighted by Crippen LogP contribution is 2.63. The number of ether oxygens (including phenoxy) is 1. The number of nitriles is 1. The summed E-state index contributed by atoms with van der Waals surface area (Å²) in [6.07, 6.45) is 4.46. The third kappa shape index (κ3) is 1.02. The zero-order valence-corrected chi connectivity index (χ0v) is 8.57. The Kier molecular flexibility index (Phi) is 1.69. The number of epoxide rings is 1. The van der Waals surface area contributed by atoms with E-state index >= 15 is 0 Å². The summed E-state index contributed by atoms with van der Waals surface area (Å²) in [5, 5.41) is 9.36. The van der Waals surface area contributed by atoms with Crippen molar-refractivity contribution in [3.8, 4) is 6.07 Å². The van der Waals surface area contributed by atoms with E-state index in [2.05, 4.69) is 6.07 Å². The Morgan fingerprint density at radius 2 is 1.80 bits per heavy atom. The van der Waals surface area contributed by atoms with Gasteiger partial charge in [-0.15, -0.1) is 0 Å². The van der Waals surface area contributed by atoms with Gasteiger partial charge in [-0.25, -0.2) is 0 Å². The molecule has 0 radical (unpaired) electrons. The van der Waals surface area contributed by atoms with Crippen LogP contribution in [-0.4, -0.2) is 5.60 Å². The second-order valence-corrected chi connectivity index (χ2v) is 4.46. The second kappa shape index (κ2) is 2.84. The Labute approximate surface area is 89.5 Å². The third-order valence-corrected chi connectivity index (χ3v) is 3.70. The monoisotopic (exact) mass is 199 g/mol. The van der Waals surface area contributed by atoms with E-state index in [-0.39, 0.29) is 5.60 Å². The van der Waals surface area contributed by atoms with Gasteiger partial charge in [0.1, 0.15) is 11.7 Å². The molecule has 2 aliphatic rings. The van der Waals surface area contributed by atoms with Gasteiger partial charge in [0.2, 0.25) is 5.60 Å². The lowest BCUT2D eigenvalue weighted by molar-refractivity contribution is 0.283. The first kappa shape index (κ1) is 8.94. The summed E-state index contributed by atoms with van der Waals surface area (Å²) in [4.78, 5) is 0. The summed E-state index contributed by atoms with van der Waals surface area (Å²) in [7, 11) is 0. The van der Waals surface area contributed by atoms with E-state index in [4.69, 9.17) is 4.74 Å². The van der Waals surface area contributed by atoms with Crippen molar-refractivity contribution in [3.05, 3.63) is 35.9 Å². The van der Waals surface area contributed by atoms with E-state index < -0.39 is 5.60 Å². The minimum Gasteiger partial charge on any atom is -0.342 e. The van der Waals surface area contributed by atoms with Gasteiger partial charge < -0.3 is 4.74 Å². The van der Waals surface area contributed by atoms with Crippen LogP contribution in [0.4, 0.5) is 0 Å². The fraction of sp³-hybridized carbons (Fsp3) is 0.462. The average Bonchev–Trinajstić information content (AvgIpc) is 2.67. The summed E-state index contributed by atoms with van der Waals surface area (Å²) in [5.74, 6) is 0. The maximum absolute atomic E-state index is 9.36. The summed E-state index contributed by atoms with van der Waals surface area (Å²) in [6, 6.07) is 12.3. The highest BCUT2D eigenvalue weighted by Gasteiger charge is 2.72. The van der Waals surface area contributed by atoms with E-state index in [0.717, 1.165) is 18.4 Å². The van der Waals surface area contributed by atoms with Crippen LogP contribution in [0.5, 0.6) is 0 Å². The van der Waals surface area contributed by atoms with Crippen LogP contribution in [0.2, 0.25) is 0 Å². The molecule has 1 aliphatic heterocycles. The molecule has 15 heavy (non-hydrogen) atoms. The van der Waals surface area contributed by atoms with Gasteiger partial charge in [0.15, 0.2) is 0 Å². The molecule has 0 bridgehead atoms. The highest BCUT2D eigenvalue weighted by atomic mass is 16.6. The number of hydrogen-bond acceptors (Lipinski definition) is 2. The molecule has 1 heterocycles. The molecule has 1 atom stereocenters. The molecule has 0 unspecified atom stereocenters. The minimum absolute atomic E-state index is 0.150. The maximum atomic E-state index is 9.36. The van der Waals surface area contributed by atoms with Gasteiger partial charge in [0.25, 0.3) is 0 Å². The summed E-state index contributed by atoms with van der Waals surface area (Å²) in [5.41, 5.74) is 0.239. The smallest absolute Gasteiger partial charge is 0.209 e. The highest BCUT2D eigenvalue weighted by molar-refractivity contribution is 5.41. The van der Waals surface area contributed by atoms with Crippen LogP contribution in [0.3, 0.4) is 0 Å². The normalized spacial score (nSPS) is 31.4. The zero-order chi connectivity index (χ0) is 10.4. The molecular weight excluding hydrogens is 186 g/mol. The Morgan fingerprint density at radius 3 is 2.40 bits per heavy atom. The molecule has 3 rings (SSSR count). The fourth-order valence-corrected chi connectivity index (χ4v) is 2.85. The van der Waals surface area contributed by atoms with Gasteiger partial charge in [0.05, 0.1) is 0 Å². The van der Waals surface area contributed by atoms with Crippen molar-refractivity contribution in [1.82, 2.24) is 0 Å². The predicted octanol–water partition coefficient (Wildman–Crippen LogP) is 2.75. The topological polar surface area (TPSA) is 36.3 Å². The predicted molar refractivity (Wildman–Crippen MR) is 56.0 cm³/mol. The standard InChI is InChI=1S/C13H13NO/c14-10-13(11-6-2-1-3-7-11)12(15-13)8-4-5-9-12/h1-3,6-7H,4-5,8-9H2/t13-/m0/s1. The van der Waals surface area contributed by atoms with Crippen molar-refractivity contribution in [3.63, 3.8) is 0 Å². The van der Waals surface area contributed by atoms with E-state index in [1.165, 1.54) is 12.8 Å². The van der Waals surface area contributed by atoms with Crippen molar-refractivity contribution >= 4 is 0 Å². The van der Waals surface area contributed by atoms with Gasteiger partial charge in [-0.3, -0.25) is 0 Å². The Bertz CT molecular complexity index is 414. The van der Waals surface area contributed by atoms with Crippen LogP contribution in [0.25, 0.3) is 0 Å².